The average molecular weight is 366 g/mol. The molecule has 27 heavy (non-hydrogen) atoms. The van der Waals surface area contributed by atoms with Crippen molar-refractivity contribution in [3.63, 3.8) is 0 Å². The molecule has 0 saturated heterocycles. The van der Waals surface area contributed by atoms with Gasteiger partial charge in [-0.1, -0.05) is 24.2 Å². The summed E-state index contributed by atoms with van der Waals surface area (Å²) in [5, 5.41) is 11.7. The first-order valence-electron chi connectivity index (χ1n) is 9.99. The molecule has 6 nitrogen and oxygen atoms in total. The fourth-order valence-electron chi connectivity index (χ4n) is 3.79. The van der Waals surface area contributed by atoms with Gasteiger partial charge < -0.3 is 10.1 Å². The topological polar surface area (TPSA) is 62.4 Å². The Morgan fingerprint density at radius 1 is 1.15 bits per heavy atom. The second-order valence-electron chi connectivity index (χ2n) is 7.23. The van der Waals surface area contributed by atoms with Crippen molar-refractivity contribution in [3.8, 4) is 5.75 Å². The molecule has 0 spiro atoms. The third-order valence-corrected chi connectivity index (χ3v) is 5.25. The number of hydrogen-bond acceptors (Lipinski definition) is 5. The fourth-order valence-corrected chi connectivity index (χ4v) is 3.79. The second kappa shape index (κ2) is 7.94. The van der Waals surface area contributed by atoms with Gasteiger partial charge in [-0.25, -0.2) is 0 Å². The summed E-state index contributed by atoms with van der Waals surface area (Å²) in [7, 11) is 0. The van der Waals surface area contributed by atoms with E-state index in [4.69, 9.17) is 9.72 Å². The number of nitrogens with one attached hydrogen (secondary N) is 2. The number of fused-ring (bicyclic) bond motifs is 1. The zero-order chi connectivity index (χ0) is 18.6. The van der Waals surface area contributed by atoms with E-state index < -0.39 is 0 Å². The monoisotopic (exact) mass is 366 g/mol. The number of ether oxygens (including phenoxy) is 1. The van der Waals surface area contributed by atoms with E-state index in [0.29, 0.717) is 12.6 Å². The molecule has 142 valence electrons. The van der Waals surface area contributed by atoms with E-state index in [0.717, 1.165) is 40.9 Å². The van der Waals surface area contributed by atoms with Gasteiger partial charge in [-0.2, -0.15) is 0 Å². The van der Waals surface area contributed by atoms with E-state index in [1.165, 1.54) is 32.1 Å². The summed E-state index contributed by atoms with van der Waals surface area (Å²) in [5.41, 5.74) is 2.10. The van der Waals surface area contributed by atoms with Gasteiger partial charge in [0.05, 0.1) is 30.5 Å². The van der Waals surface area contributed by atoms with Crippen LogP contribution in [0.1, 0.15) is 50.4 Å². The van der Waals surface area contributed by atoms with Crippen molar-refractivity contribution in [2.24, 2.45) is 5.10 Å². The van der Waals surface area contributed by atoms with Crippen LogP contribution in [0, 0.1) is 6.92 Å². The predicted octanol–water partition coefficient (Wildman–Crippen LogP) is 3.95. The molecule has 0 atom stereocenters. The highest BCUT2D eigenvalue weighted by Crippen LogP contribution is 2.27. The van der Waals surface area contributed by atoms with Crippen molar-refractivity contribution >= 4 is 23.5 Å². The molecule has 0 radical (unpaired) electrons. The largest absolute Gasteiger partial charge is 0.494 e. The van der Waals surface area contributed by atoms with Gasteiger partial charge in [0.15, 0.2) is 0 Å². The Bertz CT molecular complexity index is 825. The van der Waals surface area contributed by atoms with Crippen LogP contribution < -0.4 is 20.0 Å². The minimum atomic E-state index is 0.522. The summed E-state index contributed by atoms with van der Waals surface area (Å²) >= 11 is 0. The highest BCUT2D eigenvalue weighted by atomic mass is 16.5. The lowest BCUT2D eigenvalue weighted by atomic mass is 9.95. The van der Waals surface area contributed by atoms with Crippen molar-refractivity contribution in [3.05, 3.63) is 35.7 Å². The van der Waals surface area contributed by atoms with E-state index in [9.17, 15) is 0 Å². The maximum absolute atomic E-state index is 5.54. The second-order valence-corrected chi connectivity index (χ2v) is 7.23. The minimum absolute atomic E-state index is 0.522. The highest BCUT2D eigenvalue weighted by molar-refractivity contribution is 5.66. The van der Waals surface area contributed by atoms with Gasteiger partial charge in [-0.3, -0.25) is 5.32 Å². The molecule has 2 N–H and O–H groups in total. The summed E-state index contributed by atoms with van der Waals surface area (Å²) < 4.78 is 7.45. The third kappa shape index (κ3) is 3.89. The molecule has 6 heteroatoms. The summed E-state index contributed by atoms with van der Waals surface area (Å²) in [5.74, 6) is 3.79. The van der Waals surface area contributed by atoms with Gasteiger partial charge in [0.25, 0.3) is 11.6 Å². The lowest BCUT2D eigenvalue weighted by Gasteiger charge is -2.23. The Kier molecular flexibility index (Phi) is 5.23. The van der Waals surface area contributed by atoms with Crippen LogP contribution >= 0.6 is 0 Å². The molecular formula is C21H28N5O+. The number of benzene rings is 1. The molecule has 4 rings (SSSR count). The van der Waals surface area contributed by atoms with Crippen molar-refractivity contribution in [1.82, 2.24) is 4.98 Å². The molecule has 1 aromatic carbocycles. The molecule has 0 bridgehead atoms. The van der Waals surface area contributed by atoms with Gasteiger partial charge in [-0.15, -0.1) is 9.78 Å². The van der Waals surface area contributed by atoms with E-state index in [1.807, 2.05) is 42.1 Å². The van der Waals surface area contributed by atoms with Gasteiger partial charge in [0.2, 0.25) is 5.82 Å². The maximum Gasteiger partial charge on any atom is 0.270 e. The average Bonchev–Trinajstić information content (AvgIpc) is 3.16. The molecule has 2 aliphatic rings. The molecule has 0 amide bonds. The van der Waals surface area contributed by atoms with E-state index in [1.54, 1.807) is 0 Å². The smallest absolute Gasteiger partial charge is 0.270 e. The van der Waals surface area contributed by atoms with Crippen LogP contribution in [0.15, 0.2) is 29.4 Å². The van der Waals surface area contributed by atoms with E-state index in [-0.39, 0.29) is 0 Å². The lowest BCUT2D eigenvalue weighted by molar-refractivity contribution is -0.669. The Balaban J connectivity index is 1.61. The van der Waals surface area contributed by atoms with Gasteiger partial charge in [-0.05, 0) is 51.0 Å². The molecule has 1 aliphatic heterocycles. The van der Waals surface area contributed by atoms with Gasteiger partial charge in [0.1, 0.15) is 5.75 Å². The number of hydrogen-bond donors (Lipinski definition) is 2. The highest BCUT2D eigenvalue weighted by Gasteiger charge is 2.27. The molecule has 1 aromatic heterocycles. The first kappa shape index (κ1) is 17.8. The number of rotatable bonds is 6. The predicted molar refractivity (Wildman–Crippen MR) is 108 cm³/mol. The molecule has 2 heterocycles. The molecule has 1 aliphatic carbocycles. The fraction of sp³-hybridized carbons (Fsp3) is 0.476. The standard InChI is InChI=1S/C21H27N5O/c1-3-27-18-11-9-17(10-12-18)24-21-15(2)20(23-16-7-5-4-6-8-16)25-19-13-14-22-26(19)21/h9-12,14,16H,3-8,13H2,1-2H3,(H,23,24)/p+1. The molecular weight excluding hydrogens is 338 g/mol. The maximum atomic E-state index is 5.54. The first-order chi connectivity index (χ1) is 13.2. The van der Waals surface area contributed by atoms with Crippen LogP contribution in [0.25, 0.3) is 0 Å². The lowest BCUT2D eigenvalue weighted by Crippen LogP contribution is -2.36. The summed E-state index contributed by atoms with van der Waals surface area (Å²) in [6, 6.07) is 8.55. The van der Waals surface area contributed by atoms with E-state index in [2.05, 4.69) is 22.7 Å². The Morgan fingerprint density at radius 3 is 2.67 bits per heavy atom. The van der Waals surface area contributed by atoms with Crippen LogP contribution in [0.2, 0.25) is 0 Å². The van der Waals surface area contributed by atoms with Crippen LogP contribution in [-0.4, -0.2) is 23.8 Å². The Hall–Kier alpha value is -2.63. The van der Waals surface area contributed by atoms with Crippen LogP contribution in [0.4, 0.5) is 17.3 Å². The normalized spacial score (nSPS) is 16.2. The van der Waals surface area contributed by atoms with Crippen molar-refractivity contribution in [1.29, 1.82) is 0 Å². The van der Waals surface area contributed by atoms with Crippen LogP contribution in [0.5, 0.6) is 5.75 Å². The number of nitrogens with zero attached hydrogens (tertiary/aromatic N) is 3. The molecule has 1 saturated carbocycles. The Morgan fingerprint density at radius 2 is 1.93 bits per heavy atom. The quantitative estimate of drug-likeness (QED) is 0.760. The van der Waals surface area contributed by atoms with Gasteiger partial charge >= 0.3 is 0 Å². The van der Waals surface area contributed by atoms with Crippen molar-refractivity contribution in [2.75, 3.05) is 17.2 Å². The summed E-state index contributed by atoms with van der Waals surface area (Å²) in [6.45, 7) is 4.77. The zero-order valence-electron chi connectivity index (χ0n) is 16.2. The molecule has 0 unspecified atom stereocenters. The minimum Gasteiger partial charge on any atom is -0.494 e. The van der Waals surface area contributed by atoms with E-state index >= 15 is 0 Å². The van der Waals surface area contributed by atoms with Crippen LogP contribution in [0.3, 0.4) is 0 Å². The van der Waals surface area contributed by atoms with Crippen molar-refractivity contribution < 1.29 is 9.41 Å². The van der Waals surface area contributed by atoms with Crippen molar-refractivity contribution in [2.45, 2.75) is 58.4 Å². The number of anilines is 3. The van der Waals surface area contributed by atoms with Gasteiger partial charge in [0, 0.05) is 6.04 Å². The molecule has 1 fully saturated rings. The van der Waals surface area contributed by atoms with Crippen LogP contribution in [-0.2, 0) is 6.42 Å². The summed E-state index contributed by atoms with van der Waals surface area (Å²) in [4.78, 5) is 4.85. The summed E-state index contributed by atoms with van der Waals surface area (Å²) in [6.07, 6.45) is 9.08. The first-order valence-corrected chi connectivity index (χ1v) is 9.99. The molecule has 2 aromatic rings. The SMILES string of the molecule is CCOc1ccc(Nc2c(C)c(NC3CCCCC3)nc3[n+]2N=CC3)cc1. The number of aromatic nitrogens is 2. The zero-order valence-corrected chi connectivity index (χ0v) is 16.2. The third-order valence-electron chi connectivity index (χ3n) is 5.25. The Labute approximate surface area is 160 Å².